The van der Waals surface area contributed by atoms with Crippen LogP contribution >= 0.6 is 0 Å². The molecule has 0 bridgehead atoms. The van der Waals surface area contributed by atoms with Crippen LogP contribution in [0.5, 0.6) is 0 Å². The van der Waals surface area contributed by atoms with E-state index < -0.39 is 10.0 Å². The fourth-order valence-corrected chi connectivity index (χ4v) is 0.832. The maximum atomic E-state index is 10.4. The zero-order valence-corrected chi connectivity index (χ0v) is 8.22. The van der Waals surface area contributed by atoms with Gasteiger partial charge in [0.2, 0.25) is 0 Å². The van der Waals surface area contributed by atoms with Gasteiger partial charge in [-0.25, -0.2) is 13.6 Å². The molecule has 0 fully saturated rings. The Morgan fingerprint density at radius 3 is 2.50 bits per heavy atom. The van der Waals surface area contributed by atoms with Crippen LogP contribution in [0.15, 0.2) is 17.3 Å². The summed E-state index contributed by atoms with van der Waals surface area (Å²) in [5.74, 6) is 0. The number of hydrogen-bond donors (Lipinski definition) is 2. The van der Waals surface area contributed by atoms with Crippen molar-refractivity contribution >= 4 is 10.0 Å². The molecule has 1 rings (SSSR count). The van der Waals surface area contributed by atoms with Gasteiger partial charge < -0.3 is 1.43 Å². The third-order valence-corrected chi connectivity index (χ3v) is 1.62. The molecule has 0 aliphatic carbocycles. The van der Waals surface area contributed by atoms with Gasteiger partial charge in [0.25, 0.3) is 10.0 Å². The van der Waals surface area contributed by atoms with E-state index in [9.17, 15) is 8.42 Å². The molecular formula is C3H6N3NaO2S. The van der Waals surface area contributed by atoms with Gasteiger partial charge in [0, 0.05) is 0 Å². The molecule has 0 saturated heterocycles. The quantitative estimate of drug-likeness (QED) is 0.424. The van der Waals surface area contributed by atoms with Crippen molar-refractivity contribution < 1.29 is 39.4 Å². The molecule has 7 heteroatoms. The molecule has 0 atom stereocenters. The van der Waals surface area contributed by atoms with E-state index in [4.69, 9.17) is 5.14 Å². The van der Waals surface area contributed by atoms with Gasteiger partial charge in [-0.1, -0.05) is 0 Å². The number of aromatic amines is 1. The molecule has 1 heterocycles. The number of nitrogens with zero attached hydrogens (tertiary/aromatic N) is 1. The fraction of sp³-hybridized carbons (Fsp3) is 0. The topological polar surface area (TPSA) is 88.8 Å². The van der Waals surface area contributed by atoms with Crippen LogP contribution in [0.3, 0.4) is 0 Å². The van der Waals surface area contributed by atoms with Crippen LogP contribution in [0, 0.1) is 0 Å². The van der Waals surface area contributed by atoms with Crippen molar-refractivity contribution in [2.24, 2.45) is 5.14 Å². The van der Waals surface area contributed by atoms with E-state index in [0.717, 1.165) is 0 Å². The maximum absolute atomic E-state index is 10.4. The SMILES string of the molecule is NS(=O)(=O)c1ccn[nH]1.[H-].[Na+]. The van der Waals surface area contributed by atoms with Crippen LogP contribution < -0.4 is 34.7 Å². The van der Waals surface area contributed by atoms with Gasteiger partial charge in [-0.3, -0.25) is 5.10 Å². The van der Waals surface area contributed by atoms with E-state index in [2.05, 4.69) is 10.2 Å². The Morgan fingerprint density at radius 1 is 1.70 bits per heavy atom. The second-order valence-electron chi connectivity index (χ2n) is 1.47. The number of aromatic nitrogens is 2. The number of nitrogens with two attached hydrogens (primary N) is 1. The van der Waals surface area contributed by atoms with Crippen LogP contribution in [0.4, 0.5) is 0 Å². The maximum Gasteiger partial charge on any atom is 1.00 e. The minimum atomic E-state index is -3.58. The molecule has 1 aromatic heterocycles. The summed E-state index contributed by atoms with van der Waals surface area (Å²) in [5, 5.41) is 10.3. The van der Waals surface area contributed by atoms with Gasteiger partial charge in [0.1, 0.15) is 0 Å². The molecule has 0 amide bonds. The largest absolute Gasteiger partial charge is 1.00 e. The summed E-state index contributed by atoms with van der Waals surface area (Å²) in [7, 11) is -3.58. The van der Waals surface area contributed by atoms with Gasteiger partial charge in [0.05, 0.1) is 6.20 Å². The normalized spacial score (nSPS) is 10.5. The van der Waals surface area contributed by atoms with E-state index in [1.54, 1.807) is 0 Å². The standard InChI is InChI=1S/C3H5N3O2S.Na.H/c4-9(7,8)3-1-2-5-6-3;;/h1-2H,(H,5,6)(H2,4,7,8);;/q;+1;-1. The summed E-state index contributed by atoms with van der Waals surface area (Å²) in [5.41, 5.74) is 0. The Labute approximate surface area is 81.8 Å². The summed E-state index contributed by atoms with van der Waals surface area (Å²) < 4.78 is 20.8. The minimum Gasteiger partial charge on any atom is -1.00 e. The number of sulfonamides is 1. The smallest absolute Gasteiger partial charge is 1.00 e. The molecule has 0 saturated carbocycles. The van der Waals surface area contributed by atoms with Gasteiger partial charge in [-0.2, -0.15) is 5.10 Å². The van der Waals surface area contributed by atoms with Gasteiger partial charge in [-0.15, -0.1) is 0 Å². The zero-order valence-electron chi connectivity index (χ0n) is 6.40. The van der Waals surface area contributed by atoms with Crippen molar-refractivity contribution in [3.05, 3.63) is 12.3 Å². The van der Waals surface area contributed by atoms with Crippen molar-refractivity contribution in [1.29, 1.82) is 0 Å². The summed E-state index contributed by atoms with van der Waals surface area (Å²) in [6.45, 7) is 0. The molecule has 52 valence electrons. The molecular weight excluding hydrogens is 165 g/mol. The first-order valence-corrected chi connectivity index (χ1v) is 3.67. The monoisotopic (exact) mass is 171 g/mol. The van der Waals surface area contributed by atoms with Crippen molar-refractivity contribution in [2.75, 3.05) is 0 Å². The Kier molecular flexibility index (Phi) is 3.54. The molecule has 0 aliphatic rings. The molecule has 0 aliphatic heterocycles. The van der Waals surface area contributed by atoms with Crippen molar-refractivity contribution in [3.8, 4) is 0 Å². The van der Waals surface area contributed by atoms with Crippen LogP contribution in [0.25, 0.3) is 0 Å². The summed E-state index contributed by atoms with van der Waals surface area (Å²) in [4.78, 5) is 0. The van der Waals surface area contributed by atoms with E-state index in [-0.39, 0.29) is 36.0 Å². The summed E-state index contributed by atoms with van der Waals surface area (Å²) in [6, 6.07) is 1.29. The van der Waals surface area contributed by atoms with Crippen LogP contribution in [0.2, 0.25) is 0 Å². The number of nitrogens with one attached hydrogen (secondary N) is 1. The average Bonchev–Trinajstić information content (AvgIpc) is 2.08. The third kappa shape index (κ3) is 2.39. The Hall–Kier alpha value is 0.120. The predicted octanol–water partition coefficient (Wildman–Crippen LogP) is -3.83. The molecule has 0 radical (unpaired) electrons. The Balaban J connectivity index is 0. The number of hydrogen-bond acceptors (Lipinski definition) is 3. The minimum absolute atomic E-state index is 0. The van der Waals surface area contributed by atoms with Gasteiger partial charge in [0.15, 0.2) is 5.03 Å². The predicted molar refractivity (Wildman–Crippen MR) is 31.1 cm³/mol. The van der Waals surface area contributed by atoms with Gasteiger partial charge in [-0.05, 0) is 6.07 Å². The molecule has 10 heavy (non-hydrogen) atoms. The van der Waals surface area contributed by atoms with Crippen molar-refractivity contribution in [2.45, 2.75) is 5.03 Å². The van der Waals surface area contributed by atoms with Crippen LogP contribution in [-0.2, 0) is 10.0 Å². The molecule has 5 nitrogen and oxygen atoms in total. The number of rotatable bonds is 1. The van der Waals surface area contributed by atoms with Crippen LogP contribution in [-0.4, -0.2) is 18.6 Å². The number of H-pyrrole nitrogens is 1. The van der Waals surface area contributed by atoms with Crippen molar-refractivity contribution in [3.63, 3.8) is 0 Å². The van der Waals surface area contributed by atoms with E-state index >= 15 is 0 Å². The molecule has 3 N–H and O–H groups in total. The molecule has 0 spiro atoms. The first kappa shape index (κ1) is 10.1. The first-order valence-electron chi connectivity index (χ1n) is 2.13. The average molecular weight is 171 g/mol. The third-order valence-electron chi connectivity index (χ3n) is 0.782. The number of primary sulfonamides is 1. The second-order valence-corrected chi connectivity index (χ2v) is 3.00. The first-order chi connectivity index (χ1) is 4.11. The molecule has 0 unspecified atom stereocenters. The van der Waals surface area contributed by atoms with E-state index in [1.807, 2.05) is 0 Å². The second kappa shape index (κ2) is 3.49. The van der Waals surface area contributed by atoms with Gasteiger partial charge >= 0.3 is 29.6 Å². The molecule has 0 aromatic carbocycles. The van der Waals surface area contributed by atoms with Crippen molar-refractivity contribution in [1.82, 2.24) is 10.2 Å². The van der Waals surface area contributed by atoms with E-state index in [1.165, 1.54) is 12.3 Å². The fourth-order valence-electron chi connectivity index (χ4n) is 0.402. The van der Waals surface area contributed by atoms with Crippen LogP contribution in [0.1, 0.15) is 1.43 Å². The Morgan fingerprint density at radius 2 is 2.30 bits per heavy atom. The summed E-state index contributed by atoms with van der Waals surface area (Å²) in [6.07, 6.45) is 1.32. The summed E-state index contributed by atoms with van der Waals surface area (Å²) >= 11 is 0. The van der Waals surface area contributed by atoms with E-state index in [0.29, 0.717) is 0 Å². The zero-order chi connectivity index (χ0) is 6.91. The molecule has 1 aromatic rings. The Bertz CT molecular complexity index is 284.